The van der Waals surface area contributed by atoms with Gasteiger partial charge in [-0.05, 0) is 52.4 Å². The summed E-state index contributed by atoms with van der Waals surface area (Å²) in [5.74, 6) is -0.657. The second kappa shape index (κ2) is 14.4. The van der Waals surface area contributed by atoms with Crippen LogP contribution in [-0.4, -0.2) is 60.0 Å². The lowest BCUT2D eigenvalue weighted by Crippen LogP contribution is -2.63. The van der Waals surface area contributed by atoms with Crippen LogP contribution < -0.4 is 10.6 Å². The molecule has 2 N–H and O–H groups in total. The minimum absolute atomic E-state index is 0.0442. The summed E-state index contributed by atoms with van der Waals surface area (Å²) in [6.45, 7) is 19.8. The van der Waals surface area contributed by atoms with Crippen molar-refractivity contribution in [3.8, 4) is 0 Å². The molecule has 0 heterocycles. The van der Waals surface area contributed by atoms with Crippen LogP contribution in [0.5, 0.6) is 0 Å². The molecular weight excluding hydrogens is 418 g/mol. The van der Waals surface area contributed by atoms with Crippen molar-refractivity contribution in [3.05, 3.63) is 11.6 Å². The molecule has 2 amide bonds. The third-order valence-corrected chi connectivity index (χ3v) is 6.47. The number of nitrogens with zero attached hydrogens (tertiary/aromatic N) is 1. The zero-order valence-corrected chi connectivity index (χ0v) is 22.9. The Morgan fingerprint density at radius 2 is 1.55 bits per heavy atom. The fourth-order valence-electron chi connectivity index (χ4n) is 4.04. The van der Waals surface area contributed by atoms with Crippen molar-refractivity contribution in [3.63, 3.8) is 0 Å². The summed E-state index contributed by atoms with van der Waals surface area (Å²) < 4.78 is 5.10. The van der Waals surface area contributed by atoms with Gasteiger partial charge in [-0.25, -0.2) is 4.79 Å². The summed E-state index contributed by atoms with van der Waals surface area (Å²) in [7, 11) is 1.74. The van der Waals surface area contributed by atoms with E-state index < -0.39 is 11.6 Å². The molecule has 7 heteroatoms. The SMILES string of the molecule is CCOC(=O)/C(C)=C/[C@H](C(C)C)N(C)C(=O)C(NC(=O)C(CC)(CC)NC(C)C)[C@@H](C)CC. The third-order valence-electron chi connectivity index (χ3n) is 6.47. The number of carbonyl (C=O) groups is 3. The summed E-state index contributed by atoms with van der Waals surface area (Å²) >= 11 is 0. The van der Waals surface area contributed by atoms with Crippen LogP contribution in [0.15, 0.2) is 11.6 Å². The Kier molecular flexibility index (Phi) is 13.6. The Balaban J connectivity index is 6.00. The summed E-state index contributed by atoms with van der Waals surface area (Å²) in [4.78, 5) is 40.9. The number of nitrogens with one attached hydrogen (secondary N) is 2. The van der Waals surface area contributed by atoms with Gasteiger partial charge in [-0.2, -0.15) is 0 Å². The molecule has 0 aromatic heterocycles. The lowest BCUT2D eigenvalue weighted by molar-refractivity contribution is -0.140. The largest absolute Gasteiger partial charge is 0.463 e. The van der Waals surface area contributed by atoms with Crippen molar-refractivity contribution in [1.82, 2.24) is 15.5 Å². The number of amides is 2. The maximum Gasteiger partial charge on any atom is 0.333 e. The minimum atomic E-state index is -0.726. The number of hydrogen-bond acceptors (Lipinski definition) is 5. The van der Waals surface area contributed by atoms with Gasteiger partial charge in [0.2, 0.25) is 11.8 Å². The summed E-state index contributed by atoms with van der Waals surface area (Å²) in [5.41, 5.74) is -0.257. The molecule has 7 nitrogen and oxygen atoms in total. The van der Waals surface area contributed by atoms with Crippen LogP contribution in [0.2, 0.25) is 0 Å². The number of carbonyl (C=O) groups excluding carboxylic acids is 3. The van der Waals surface area contributed by atoms with Crippen molar-refractivity contribution in [2.45, 2.75) is 112 Å². The first kappa shape index (κ1) is 31.1. The van der Waals surface area contributed by atoms with E-state index in [-0.39, 0.29) is 41.7 Å². The van der Waals surface area contributed by atoms with Gasteiger partial charge in [0.25, 0.3) is 0 Å². The zero-order valence-electron chi connectivity index (χ0n) is 22.9. The Hall–Kier alpha value is -1.89. The van der Waals surface area contributed by atoms with Gasteiger partial charge in [0.15, 0.2) is 0 Å². The van der Waals surface area contributed by atoms with Crippen molar-refractivity contribution in [1.29, 1.82) is 0 Å². The normalized spacial score (nSPS) is 15.2. The van der Waals surface area contributed by atoms with Crippen LogP contribution in [-0.2, 0) is 19.1 Å². The van der Waals surface area contributed by atoms with Crippen LogP contribution >= 0.6 is 0 Å². The molecule has 0 rings (SSSR count). The maximum absolute atomic E-state index is 13.7. The smallest absolute Gasteiger partial charge is 0.333 e. The molecule has 0 aliphatic heterocycles. The first-order valence-electron chi connectivity index (χ1n) is 12.5. The molecule has 3 atom stereocenters. The number of likely N-dealkylation sites (N-methyl/N-ethyl adjacent to an activating group) is 1. The van der Waals surface area contributed by atoms with Gasteiger partial charge in [0.1, 0.15) is 6.04 Å². The van der Waals surface area contributed by atoms with Crippen molar-refractivity contribution in [2.75, 3.05) is 13.7 Å². The number of rotatable bonds is 14. The summed E-state index contributed by atoms with van der Waals surface area (Å²) in [6.07, 6.45) is 3.79. The second-order valence-corrected chi connectivity index (χ2v) is 9.68. The van der Waals surface area contributed by atoms with Crippen LogP contribution in [0, 0.1) is 11.8 Å². The predicted octanol–water partition coefficient (Wildman–Crippen LogP) is 4.07. The van der Waals surface area contributed by atoms with E-state index in [1.807, 2.05) is 55.4 Å². The van der Waals surface area contributed by atoms with Gasteiger partial charge in [-0.1, -0.05) is 54.0 Å². The van der Waals surface area contributed by atoms with Gasteiger partial charge in [-0.3, -0.25) is 9.59 Å². The Morgan fingerprint density at radius 1 is 1.00 bits per heavy atom. The van der Waals surface area contributed by atoms with Gasteiger partial charge in [0, 0.05) is 18.7 Å². The van der Waals surface area contributed by atoms with Gasteiger partial charge < -0.3 is 20.3 Å². The number of ether oxygens (including phenoxy) is 1. The van der Waals surface area contributed by atoms with Gasteiger partial charge in [0.05, 0.1) is 18.2 Å². The van der Waals surface area contributed by atoms with E-state index in [1.54, 1.807) is 31.9 Å². The highest BCUT2D eigenvalue weighted by Crippen LogP contribution is 2.21. The Labute approximate surface area is 202 Å². The number of hydrogen-bond donors (Lipinski definition) is 2. The molecule has 1 unspecified atom stereocenters. The molecule has 0 radical (unpaired) electrons. The van der Waals surface area contributed by atoms with Crippen molar-refractivity contribution >= 4 is 17.8 Å². The molecule has 0 spiro atoms. The molecule has 0 aliphatic rings. The molecule has 33 heavy (non-hydrogen) atoms. The first-order valence-corrected chi connectivity index (χ1v) is 12.5. The molecule has 0 saturated heterocycles. The Bertz CT molecular complexity index is 668. The molecular formula is C26H49N3O4. The van der Waals surface area contributed by atoms with Crippen molar-refractivity contribution < 1.29 is 19.1 Å². The van der Waals surface area contributed by atoms with E-state index in [4.69, 9.17) is 4.74 Å². The monoisotopic (exact) mass is 467 g/mol. The van der Waals surface area contributed by atoms with E-state index >= 15 is 0 Å². The molecule has 0 aliphatic carbocycles. The quantitative estimate of drug-likeness (QED) is 0.297. The van der Waals surface area contributed by atoms with Crippen LogP contribution in [0.4, 0.5) is 0 Å². The van der Waals surface area contributed by atoms with E-state index in [2.05, 4.69) is 10.6 Å². The standard InChI is InChI=1S/C26H49N3O4/c1-12-19(9)22(27-25(32)26(13-2,14-3)28-18(7)8)23(30)29(11)21(17(5)6)16-20(10)24(31)33-15-4/h16-19,21-22,28H,12-15H2,1-11H3,(H,27,32)/b20-16+/t19-,21+,22?/m0/s1. The molecule has 0 aromatic carbocycles. The van der Waals surface area contributed by atoms with E-state index in [1.165, 1.54) is 0 Å². The molecule has 192 valence electrons. The van der Waals surface area contributed by atoms with Gasteiger partial charge >= 0.3 is 5.97 Å². The van der Waals surface area contributed by atoms with Crippen LogP contribution in [0.25, 0.3) is 0 Å². The van der Waals surface area contributed by atoms with Gasteiger partial charge in [-0.15, -0.1) is 0 Å². The first-order chi connectivity index (χ1) is 15.3. The van der Waals surface area contributed by atoms with Crippen LogP contribution in [0.1, 0.15) is 88.5 Å². The maximum atomic E-state index is 13.7. The topological polar surface area (TPSA) is 87.7 Å². The van der Waals surface area contributed by atoms with E-state index in [0.717, 1.165) is 6.42 Å². The zero-order chi connectivity index (χ0) is 25.9. The highest BCUT2D eigenvalue weighted by molar-refractivity contribution is 5.92. The Morgan fingerprint density at radius 3 is 1.94 bits per heavy atom. The van der Waals surface area contributed by atoms with Crippen LogP contribution in [0.3, 0.4) is 0 Å². The summed E-state index contributed by atoms with van der Waals surface area (Å²) in [5, 5.41) is 6.50. The van der Waals surface area contributed by atoms with E-state index in [9.17, 15) is 14.4 Å². The molecule has 0 aromatic rings. The number of esters is 1. The van der Waals surface area contributed by atoms with Crippen molar-refractivity contribution in [2.24, 2.45) is 11.8 Å². The molecule has 0 saturated carbocycles. The lowest BCUT2D eigenvalue weighted by atomic mass is 9.88. The predicted molar refractivity (Wildman–Crippen MR) is 135 cm³/mol. The summed E-state index contributed by atoms with van der Waals surface area (Å²) in [6, 6.07) is -0.824. The minimum Gasteiger partial charge on any atom is -0.463 e. The second-order valence-electron chi connectivity index (χ2n) is 9.68. The lowest BCUT2D eigenvalue weighted by Gasteiger charge is -2.38. The molecule has 0 fully saturated rings. The molecule has 0 bridgehead atoms. The highest BCUT2D eigenvalue weighted by atomic mass is 16.5. The van der Waals surface area contributed by atoms with E-state index in [0.29, 0.717) is 25.0 Å². The average Bonchev–Trinajstić information content (AvgIpc) is 2.77. The fourth-order valence-corrected chi connectivity index (χ4v) is 4.04. The average molecular weight is 468 g/mol. The fraction of sp³-hybridized carbons (Fsp3) is 0.808. The third kappa shape index (κ3) is 8.76. The highest BCUT2D eigenvalue weighted by Gasteiger charge is 2.39.